The van der Waals surface area contributed by atoms with E-state index < -0.39 is 6.04 Å². The van der Waals surface area contributed by atoms with Crippen LogP contribution in [0.2, 0.25) is 0 Å². The molecule has 0 aliphatic carbocycles. The highest BCUT2D eigenvalue weighted by atomic mass is 32.2. The minimum atomic E-state index is -0.414. The summed E-state index contributed by atoms with van der Waals surface area (Å²) in [4.78, 5) is 32.8. The second kappa shape index (κ2) is 9.89. The van der Waals surface area contributed by atoms with Gasteiger partial charge < -0.3 is 15.0 Å². The largest absolute Gasteiger partial charge is 0.463 e. The van der Waals surface area contributed by atoms with E-state index in [-0.39, 0.29) is 24.9 Å². The number of esters is 1. The smallest absolute Gasteiger partial charge is 0.338 e. The molecule has 0 saturated carbocycles. The molecule has 6 nitrogen and oxygen atoms in total. The Hall–Kier alpha value is -3.32. The molecule has 2 aromatic rings. The van der Waals surface area contributed by atoms with Crippen LogP contribution < -0.4 is 5.32 Å². The molecule has 34 heavy (non-hydrogen) atoms. The summed E-state index contributed by atoms with van der Waals surface area (Å²) in [5, 5.41) is 5.72. The Kier molecular flexibility index (Phi) is 6.93. The summed E-state index contributed by atoms with van der Waals surface area (Å²) in [6.45, 7) is 9.96. The van der Waals surface area contributed by atoms with E-state index in [1.165, 1.54) is 11.8 Å². The SMILES string of the molecule is CCOC(=O)C1=C(C)N=C2SC=C(CC(=O)Nc3cc(C)cc(C)c3)N2[C@H]1c1ccccc1C. The molecular formula is C27H29N3O3S. The molecule has 1 N–H and O–H groups in total. The summed E-state index contributed by atoms with van der Waals surface area (Å²) in [7, 11) is 0. The number of amidine groups is 1. The fourth-order valence-electron chi connectivity index (χ4n) is 4.44. The average molecular weight is 476 g/mol. The number of rotatable bonds is 6. The van der Waals surface area contributed by atoms with Crippen molar-refractivity contribution in [1.29, 1.82) is 0 Å². The van der Waals surface area contributed by atoms with Crippen molar-refractivity contribution in [2.45, 2.75) is 47.1 Å². The van der Waals surface area contributed by atoms with Gasteiger partial charge in [-0.05, 0) is 74.4 Å². The van der Waals surface area contributed by atoms with Crippen molar-refractivity contribution in [3.05, 3.63) is 87.1 Å². The molecule has 1 atom stereocenters. The molecule has 2 aliphatic rings. The lowest BCUT2D eigenvalue weighted by atomic mass is 9.91. The predicted molar refractivity (Wildman–Crippen MR) is 137 cm³/mol. The van der Waals surface area contributed by atoms with Crippen LogP contribution in [0.3, 0.4) is 0 Å². The Morgan fingerprint density at radius 1 is 1.09 bits per heavy atom. The lowest BCUT2D eigenvalue weighted by molar-refractivity contribution is -0.139. The van der Waals surface area contributed by atoms with Crippen molar-refractivity contribution in [3.63, 3.8) is 0 Å². The zero-order chi connectivity index (χ0) is 24.4. The molecule has 0 radical (unpaired) electrons. The number of carbonyl (C=O) groups is 2. The maximum absolute atomic E-state index is 13.0. The van der Waals surface area contributed by atoms with Crippen LogP contribution in [0.5, 0.6) is 0 Å². The molecule has 2 aromatic carbocycles. The number of anilines is 1. The number of nitrogens with zero attached hydrogens (tertiary/aromatic N) is 2. The van der Waals surface area contributed by atoms with Crippen molar-refractivity contribution in [1.82, 2.24) is 4.90 Å². The summed E-state index contributed by atoms with van der Waals surface area (Å²) in [5.41, 5.74) is 6.95. The molecule has 4 rings (SSSR count). The van der Waals surface area contributed by atoms with Crippen LogP contribution in [0.4, 0.5) is 5.69 Å². The van der Waals surface area contributed by atoms with Crippen LogP contribution in [-0.4, -0.2) is 28.6 Å². The van der Waals surface area contributed by atoms with Gasteiger partial charge >= 0.3 is 5.97 Å². The number of benzene rings is 2. The first-order valence-corrected chi connectivity index (χ1v) is 12.2. The van der Waals surface area contributed by atoms with Gasteiger partial charge in [-0.2, -0.15) is 0 Å². The van der Waals surface area contributed by atoms with E-state index in [2.05, 4.69) is 11.4 Å². The van der Waals surface area contributed by atoms with Gasteiger partial charge in [-0.25, -0.2) is 9.79 Å². The molecule has 2 heterocycles. The van der Waals surface area contributed by atoms with E-state index in [4.69, 9.17) is 9.73 Å². The van der Waals surface area contributed by atoms with Gasteiger partial charge in [0.15, 0.2) is 5.17 Å². The summed E-state index contributed by atoms with van der Waals surface area (Å²) in [6.07, 6.45) is 0.163. The van der Waals surface area contributed by atoms with Crippen LogP contribution in [-0.2, 0) is 14.3 Å². The predicted octanol–water partition coefficient (Wildman–Crippen LogP) is 5.78. The number of nitrogens with one attached hydrogen (secondary N) is 1. The van der Waals surface area contributed by atoms with E-state index in [0.29, 0.717) is 11.3 Å². The molecule has 1 amide bonds. The van der Waals surface area contributed by atoms with Crippen molar-refractivity contribution in [2.24, 2.45) is 4.99 Å². The first-order chi connectivity index (χ1) is 16.3. The molecule has 0 aromatic heterocycles. The Morgan fingerprint density at radius 3 is 2.47 bits per heavy atom. The Balaban J connectivity index is 1.67. The van der Waals surface area contributed by atoms with Gasteiger partial charge in [-0.1, -0.05) is 42.1 Å². The quantitative estimate of drug-likeness (QED) is 0.537. The molecule has 0 saturated heterocycles. The van der Waals surface area contributed by atoms with E-state index in [1.54, 1.807) is 6.92 Å². The van der Waals surface area contributed by atoms with Gasteiger partial charge in [-0.15, -0.1) is 0 Å². The number of hydrogen-bond donors (Lipinski definition) is 1. The van der Waals surface area contributed by atoms with Crippen LogP contribution in [0.15, 0.2) is 69.8 Å². The number of hydrogen-bond acceptors (Lipinski definition) is 6. The van der Waals surface area contributed by atoms with E-state index in [9.17, 15) is 9.59 Å². The third-order valence-electron chi connectivity index (χ3n) is 5.83. The molecule has 176 valence electrons. The highest BCUT2D eigenvalue weighted by molar-refractivity contribution is 8.16. The minimum Gasteiger partial charge on any atom is -0.463 e. The fourth-order valence-corrected chi connectivity index (χ4v) is 5.41. The number of carbonyl (C=O) groups excluding carboxylic acids is 2. The zero-order valence-corrected chi connectivity index (χ0v) is 21.0. The lowest BCUT2D eigenvalue weighted by Crippen LogP contribution is -2.37. The monoisotopic (exact) mass is 475 g/mol. The lowest BCUT2D eigenvalue weighted by Gasteiger charge is -2.37. The Bertz CT molecular complexity index is 1230. The highest BCUT2D eigenvalue weighted by Gasteiger charge is 2.41. The number of aryl methyl sites for hydroxylation is 3. The van der Waals surface area contributed by atoms with Gasteiger partial charge in [0.2, 0.25) is 5.91 Å². The molecular weight excluding hydrogens is 446 g/mol. The van der Waals surface area contributed by atoms with Gasteiger partial charge in [0, 0.05) is 11.4 Å². The van der Waals surface area contributed by atoms with Gasteiger partial charge in [0.05, 0.1) is 30.3 Å². The third kappa shape index (κ3) is 4.80. The van der Waals surface area contributed by atoms with Gasteiger partial charge in [-0.3, -0.25) is 4.79 Å². The molecule has 2 aliphatic heterocycles. The summed E-state index contributed by atoms with van der Waals surface area (Å²) < 4.78 is 5.41. The van der Waals surface area contributed by atoms with Crippen molar-refractivity contribution < 1.29 is 14.3 Å². The van der Waals surface area contributed by atoms with E-state index in [1.807, 2.05) is 74.4 Å². The average Bonchev–Trinajstić information content (AvgIpc) is 3.14. The maximum atomic E-state index is 13.0. The number of amides is 1. The first-order valence-electron chi connectivity index (χ1n) is 11.3. The number of ether oxygens (including phenoxy) is 1. The third-order valence-corrected chi connectivity index (χ3v) is 6.71. The number of aliphatic imine (C=N–C) groups is 1. The molecule has 7 heteroatoms. The van der Waals surface area contributed by atoms with Crippen LogP contribution in [0.25, 0.3) is 0 Å². The minimum absolute atomic E-state index is 0.120. The van der Waals surface area contributed by atoms with Crippen LogP contribution >= 0.6 is 11.8 Å². The van der Waals surface area contributed by atoms with Crippen molar-refractivity contribution >= 4 is 34.5 Å². The Labute approximate surface area is 204 Å². The van der Waals surface area contributed by atoms with E-state index in [0.717, 1.165) is 38.8 Å². The van der Waals surface area contributed by atoms with Gasteiger partial charge in [0.1, 0.15) is 0 Å². The summed E-state index contributed by atoms with van der Waals surface area (Å²) >= 11 is 1.47. The standard InChI is InChI=1S/C27H29N3O3S/c1-6-33-26(32)24-19(5)28-27-30(25(24)22-10-8-7-9-18(22)4)21(15-34-27)14-23(31)29-20-12-16(2)11-17(3)13-20/h7-13,15,25H,6,14H2,1-5H3,(H,29,31)/t25-/m0/s1. The maximum Gasteiger partial charge on any atom is 0.338 e. The Morgan fingerprint density at radius 2 is 1.79 bits per heavy atom. The summed E-state index contributed by atoms with van der Waals surface area (Å²) in [5.74, 6) is -0.502. The summed E-state index contributed by atoms with van der Waals surface area (Å²) in [6, 6.07) is 13.6. The van der Waals surface area contributed by atoms with Gasteiger partial charge in [0.25, 0.3) is 0 Å². The molecule has 0 spiro atoms. The number of fused-ring (bicyclic) bond motifs is 1. The van der Waals surface area contributed by atoms with Crippen molar-refractivity contribution in [3.8, 4) is 0 Å². The second-order valence-electron chi connectivity index (χ2n) is 8.57. The number of thioether (sulfide) groups is 1. The van der Waals surface area contributed by atoms with Crippen LogP contribution in [0, 0.1) is 20.8 Å². The molecule has 0 unspecified atom stereocenters. The van der Waals surface area contributed by atoms with Crippen molar-refractivity contribution in [2.75, 3.05) is 11.9 Å². The number of allylic oxidation sites excluding steroid dienone is 1. The topological polar surface area (TPSA) is 71.0 Å². The highest BCUT2D eigenvalue weighted by Crippen LogP contribution is 2.45. The first kappa shape index (κ1) is 23.8. The van der Waals surface area contributed by atoms with E-state index >= 15 is 0 Å². The zero-order valence-electron chi connectivity index (χ0n) is 20.1. The second-order valence-corrected chi connectivity index (χ2v) is 9.41. The normalized spacial score (nSPS) is 17.2. The molecule has 0 bridgehead atoms. The molecule has 0 fully saturated rings. The van der Waals surface area contributed by atoms with Crippen LogP contribution in [0.1, 0.15) is 48.6 Å². The fraction of sp³-hybridized carbons (Fsp3) is 0.296.